The highest BCUT2D eigenvalue weighted by molar-refractivity contribution is 6.15. The maximum atomic E-state index is 13.2. The molecule has 5 rings (SSSR count). The molecule has 0 bridgehead atoms. The Hall–Kier alpha value is -3.31. The second kappa shape index (κ2) is 9.05. The summed E-state index contributed by atoms with van der Waals surface area (Å²) < 4.78 is 0. The van der Waals surface area contributed by atoms with Gasteiger partial charge >= 0.3 is 0 Å². The number of amides is 1. The third-order valence-corrected chi connectivity index (χ3v) is 6.45. The summed E-state index contributed by atoms with van der Waals surface area (Å²) in [5, 5.41) is 3.19. The first-order valence-electron chi connectivity index (χ1n) is 11.3. The van der Waals surface area contributed by atoms with Crippen LogP contribution in [0.1, 0.15) is 28.7 Å². The molecule has 5 heteroatoms. The zero-order chi connectivity index (χ0) is 21.9. The van der Waals surface area contributed by atoms with E-state index in [1.54, 1.807) is 12.4 Å². The molecule has 2 unspecified atom stereocenters. The summed E-state index contributed by atoms with van der Waals surface area (Å²) in [7, 11) is 2.12. The average Bonchev–Trinajstić information content (AvgIpc) is 3.23. The lowest BCUT2D eigenvalue weighted by Crippen LogP contribution is -2.43. The van der Waals surface area contributed by atoms with Crippen molar-refractivity contribution in [2.45, 2.75) is 19.4 Å². The summed E-state index contributed by atoms with van der Waals surface area (Å²) >= 11 is 0. The topological polar surface area (TPSA) is 57.6 Å². The number of aliphatic imine (C=N–C) groups is 1. The first-order valence-corrected chi connectivity index (χ1v) is 11.3. The van der Waals surface area contributed by atoms with Gasteiger partial charge in [-0.3, -0.25) is 14.8 Å². The Morgan fingerprint density at radius 2 is 1.88 bits per heavy atom. The maximum absolute atomic E-state index is 13.2. The Morgan fingerprint density at radius 1 is 1.06 bits per heavy atom. The van der Waals surface area contributed by atoms with Crippen LogP contribution in [-0.2, 0) is 17.8 Å². The number of likely N-dealkylation sites (tertiary alicyclic amines) is 1. The van der Waals surface area contributed by atoms with Gasteiger partial charge in [0, 0.05) is 42.3 Å². The number of benzene rings is 2. The molecular weight excluding hydrogens is 396 g/mol. The Labute approximate surface area is 189 Å². The molecular formula is C27H28N4O. The molecule has 32 heavy (non-hydrogen) atoms. The second-order valence-corrected chi connectivity index (χ2v) is 8.97. The monoisotopic (exact) mass is 424 g/mol. The predicted molar refractivity (Wildman–Crippen MR) is 128 cm³/mol. The molecule has 1 saturated heterocycles. The summed E-state index contributed by atoms with van der Waals surface area (Å²) in [6.45, 7) is 2.50. The first-order chi connectivity index (χ1) is 15.7. The smallest absolute Gasteiger partial charge is 0.228 e. The number of anilines is 1. The van der Waals surface area contributed by atoms with Gasteiger partial charge in [-0.05, 0) is 61.2 Å². The van der Waals surface area contributed by atoms with Crippen molar-refractivity contribution < 1.29 is 4.79 Å². The van der Waals surface area contributed by atoms with Gasteiger partial charge in [-0.15, -0.1) is 0 Å². The van der Waals surface area contributed by atoms with Gasteiger partial charge in [-0.1, -0.05) is 36.4 Å². The van der Waals surface area contributed by atoms with Crippen molar-refractivity contribution in [2.24, 2.45) is 16.8 Å². The van der Waals surface area contributed by atoms with Crippen LogP contribution in [0.4, 0.5) is 5.69 Å². The molecule has 1 amide bonds. The van der Waals surface area contributed by atoms with E-state index in [-0.39, 0.29) is 11.8 Å². The van der Waals surface area contributed by atoms with Gasteiger partial charge in [0.1, 0.15) is 0 Å². The van der Waals surface area contributed by atoms with Crippen LogP contribution in [0, 0.1) is 11.8 Å². The number of hydrogen-bond donors (Lipinski definition) is 1. The van der Waals surface area contributed by atoms with Crippen LogP contribution in [0.15, 0.2) is 78.0 Å². The molecule has 1 aromatic heterocycles. The number of hydrogen-bond acceptors (Lipinski definition) is 4. The van der Waals surface area contributed by atoms with Crippen LogP contribution in [0.2, 0.25) is 0 Å². The highest BCUT2D eigenvalue weighted by Gasteiger charge is 2.30. The van der Waals surface area contributed by atoms with E-state index in [9.17, 15) is 4.79 Å². The molecule has 0 radical (unpaired) electrons. The van der Waals surface area contributed by atoms with E-state index < -0.39 is 0 Å². The fraction of sp³-hybridized carbons (Fsp3) is 0.296. The number of fused-ring (bicyclic) bond motifs is 1. The van der Waals surface area contributed by atoms with Crippen molar-refractivity contribution in [3.05, 3.63) is 95.3 Å². The molecule has 0 saturated carbocycles. The lowest BCUT2D eigenvalue weighted by Gasteiger charge is -2.35. The van der Waals surface area contributed by atoms with Gasteiger partial charge in [-0.25, -0.2) is 0 Å². The molecule has 0 aliphatic carbocycles. The number of aromatic nitrogens is 1. The number of nitrogens with zero attached hydrogens (tertiary/aromatic N) is 3. The SMILES string of the molecule is CN1CC(Cc2ccccc2)CC(C(=O)Nc2ccc3c(c2)C(c2ccncc2)=NC3)C1. The molecule has 3 aromatic rings. The lowest BCUT2D eigenvalue weighted by molar-refractivity contribution is -0.122. The Bertz CT molecular complexity index is 1130. The number of nitrogens with one attached hydrogen (secondary N) is 1. The molecule has 5 nitrogen and oxygen atoms in total. The van der Waals surface area contributed by atoms with Crippen LogP contribution in [0.5, 0.6) is 0 Å². The molecule has 2 aromatic carbocycles. The van der Waals surface area contributed by atoms with Crippen LogP contribution >= 0.6 is 0 Å². The van der Waals surface area contributed by atoms with Gasteiger partial charge in [0.25, 0.3) is 0 Å². The van der Waals surface area contributed by atoms with E-state index in [0.29, 0.717) is 12.5 Å². The largest absolute Gasteiger partial charge is 0.326 e. The highest BCUT2D eigenvalue weighted by Crippen LogP contribution is 2.28. The summed E-state index contributed by atoms with van der Waals surface area (Å²) in [5.41, 5.74) is 6.49. The molecule has 3 heterocycles. The highest BCUT2D eigenvalue weighted by atomic mass is 16.1. The summed E-state index contributed by atoms with van der Waals surface area (Å²) in [6.07, 6.45) is 5.50. The Balaban J connectivity index is 1.28. The molecule has 2 aliphatic rings. The van der Waals surface area contributed by atoms with Crippen molar-refractivity contribution in [2.75, 3.05) is 25.5 Å². The lowest BCUT2D eigenvalue weighted by atomic mass is 9.85. The van der Waals surface area contributed by atoms with Gasteiger partial charge in [0.15, 0.2) is 0 Å². The quantitative estimate of drug-likeness (QED) is 0.668. The maximum Gasteiger partial charge on any atom is 0.228 e. The minimum absolute atomic E-state index is 0.0101. The van der Waals surface area contributed by atoms with E-state index in [4.69, 9.17) is 4.99 Å². The van der Waals surface area contributed by atoms with Crippen molar-refractivity contribution in [3.63, 3.8) is 0 Å². The van der Waals surface area contributed by atoms with E-state index >= 15 is 0 Å². The zero-order valence-electron chi connectivity index (χ0n) is 18.4. The molecule has 2 aliphatic heterocycles. The van der Waals surface area contributed by atoms with Crippen LogP contribution in [0.3, 0.4) is 0 Å². The fourth-order valence-corrected chi connectivity index (χ4v) is 4.99. The van der Waals surface area contributed by atoms with E-state index in [1.807, 2.05) is 24.3 Å². The average molecular weight is 425 g/mol. The summed E-state index contributed by atoms with van der Waals surface area (Å²) in [6, 6.07) is 20.7. The van der Waals surface area contributed by atoms with Crippen molar-refractivity contribution in [3.8, 4) is 0 Å². The van der Waals surface area contributed by atoms with Crippen molar-refractivity contribution in [1.29, 1.82) is 0 Å². The molecule has 2 atom stereocenters. The molecule has 0 spiro atoms. The Morgan fingerprint density at radius 3 is 2.69 bits per heavy atom. The van der Waals surface area contributed by atoms with E-state index in [0.717, 1.165) is 48.5 Å². The summed E-state index contributed by atoms with van der Waals surface area (Å²) in [5.74, 6) is 0.580. The van der Waals surface area contributed by atoms with Gasteiger partial charge in [0.05, 0.1) is 18.2 Å². The number of carbonyl (C=O) groups excluding carboxylic acids is 1. The van der Waals surface area contributed by atoms with Crippen LogP contribution in [0.25, 0.3) is 0 Å². The standard InChI is InChI=1S/C27H28N4O/c1-31-17-20(13-19-5-3-2-4-6-19)14-23(18-31)27(32)30-24-8-7-22-16-29-26(25(22)15-24)21-9-11-28-12-10-21/h2-12,15,20,23H,13-14,16-18H2,1H3,(H,30,32). The third-order valence-electron chi connectivity index (χ3n) is 6.45. The number of pyridine rings is 1. The normalized spacial score (nSPS) is 20.5. The van der Waals surface area contributed by atoms with Crippen molar-refractivity contribution in [1.82, 2.24) is 9.88 Å². The van der Waals surface area contributed by atoms with Gasteiger partial charge < -0.3 is 10.2 Å². The predicted octanol–water partition coefficient (Wildman–Crippen LogP) is 4.18. The van der Waals surface area contributed by atoms with E-state index in [1.165, 1.54) is 11.1 Å². The van der Waals surface area contributed by atoms with Crippen LogP contribution in [-0.4, -0.2) is 41.6 Å². The third kappa shape index (κ3) is 4.48. The number of rotatable bonds is 5. The van der Waals surface area contributed by atoms with Crippen LogP contribution < -0.4 is 5.32 Å². The second-order valence-electron chi connectivity index (χ2n) is 8.97. The van der Waals surface area contributed by atoms with Crippen molar-refractivity contribution >= 4 is 17.3 Å². The number of carbonyl (C=O) groups is 1. The minimum Gasteiger partial charge on any atom is -0.326 e. The zero-order valence-corrected chi connectivity index (χ0v) is 18.4. The van der Waals surface area contributed by atoms with E-state index in [2.05, 4.69) is 58.6 Å². The minimum atomic E-state index is -0.0101. The van der Waals surface area contributed by atoms with Gasteiger partial charge in [-0.2, -0.15) is 0 Å². The molecule has 1 fully saturated rings. The molecule has 1 N–H and O–H groups in total. The van der Waals surface area contributed by atoms with Gasteiger partial charge in [0.2, 0.25) is 5.91 Å². The first kappa shape index (κ1) is 20.6. The summed E-state index contributed by atoms with van der Waals surface area (Å²) in [4.78, 5) is 24.3. The Kier molecular flexibility index (Phi) is 5.82. The fourth-order valence-electron chi connectivity index (χ4n) is 4.99. The molecule has 162 valence electrons. The number of piperidine rings is 1.